The molecule has 0 saturated heterocycles. The molecule has 6 heteroatoms. The summed E-state index contributed by atoms with van der Waals surface area (Å²) >= 11 is 0. The predicted molar refractivity (Wildman–Crippen MR) is 52.1 cm³/mol. The second-order valence-electron chi connectivity index (χ2n) is 3.63. The summed E-state index contributed by atoms with van der Waals surface area (Å²) in [6.45, 7) is 0.557. The minimum atomic E-state index is -4.31. The molecule has 0 aliphatic heterocycles. The summed E-state index contributed by atoms with van der Waals surface area (Å²) in [6.07, 6.45) is -2.31. The van der Waals surface area contributed by atoms with Crippen molar-refractivity contribution >= 4 is 5.97 Å². The van der Waals surface area contributed by atoms with E-state index in [1.54, 1.807) is 0 Å². The minimum Gasteiger partial charge on any atom is -0.481 e. The van der Waals surface area contributed by atoms with Crippen LogP contribution in [0.15, 0.2) is 0 Å². The van der Waals surface area contributed by atoms with Crippen LogP contribution < -0.4 is 0 Å². The predicted octanol–water partition coefficient (Wildman–Crippen LogP) is 2.85. The highest BCUT2D eigenvalue weighted by Gasteiger charge is 2.27. The molecular formula is C10H17F3O3. The fraction of sp³-hybridized carbons (Fsp3) is 0.900. The summed E-state index contributed by atoms with van der Waals surface area (Å²) in [5, 5.41) is 8.77. The van der Waals surface area contributed by atoms with E-state index < -0.39 is 24.7 Å². The maximum absolute atomic E-state index is 11.7. The first-order chi connectivity index (χ1) is 7.37. The van der Waals surface area contributed by atoms with E-state index in [2.05, 4.69) is 4.74 Å². The topological polar surface area (TPSA) is 46.5 Å². The summed E-state index contributed by atoms with van der Waals surface area (Å²) in [5.41, 5.74) is 0. The van der Waals surface area contributed by atoms with Crippen LogP contribution in [-0.2, 0) is 9.53 Å². The lowest BCUT2D eigenvalue weighted by Crippen LogP contribution is -2.18. The molecule has 16 heavy (non-hydrogen) atoms. The van der Waals surface area contributed by atoms with Crippen LogP contribution in [0.5, 0.6) is 0 Å². The van der Waals surface area contributed by atoms with Gasteiger partial charge in [0.05, 0.1) is 5.92 Å². The van der Waals surface area contributed by atoms with Gasteiger partial charge in [-0.05, 0) is 19.3 Å². The van der Waals surface area contributed by atoms with E-state index in [1.165, 1.54) is 0 Å². The third-order valence-corrected chi connectivity index (χ3v) is 2.09. The second-order valence-corrected chi connectivity index (χ2v) is 3.63. The largest absolute Gasteiger partial charge is 0.481 e. The zero-order chi connectivity index (χ0) is 12.6. The van der Waals surface area contributed by atoms with E-state index in [-0.39, 0.29) is 6.61 Å². The standard InChI is InChI=1S/C10H17F3O3/c1-2-4-8(9(14)15)5-3-6-16-7-10(11,12)13/h8H,2-7H2,1H3,(H,14,15). The fourth-order valence-electron chi connectivity index (χ4n) is 1.36. The molecule has 0 aromatic heterocycles. The highest BCUT2D eigenvalue weighted by molar-refractivity contribution is 5.69. The van der Waals surface area contributed by atoms with E-state index in [4.69, 9.17) is 5.11 Å². The number of rotatable bonds is 8. The molecule has 0 aromatic rings. The molecule has 3 nitrogen and oxygen atoms in total. The number of alkyl halides is 3. The van der Waals surface area contributed by atoms with Gasteiger partial charge in [-0.2, -0.15) is 13.2 Å². The Balaban J connectivity index is 3.59. The molecule has 96 valence electrons. The van der Waals surface area contributed by atoms with Gasteiger partial charge in [0.2, 0.25) is 0 Å². The van der Waals surface area contributed by atoms with Crippen molar-refractivity contribution in [2.24, 2.45) is 5.92 Å². The second kappa shape index (κ2) is 7.49. The Kier molecular flexibility index (Phi) is 7.12. The van der Waals surface area contributed by atoms with Crippen LogP contribution in [0.4, 0.5) is 13.2 Å². The third kappa shape index (κ3) is 8.52. The molecule has 0 aliphatic rings. The summed E-state index contributed by atoms with van der Waals surface area (Å²) in [4.78, 5) is 10.7. The van der Waals surface area contributed by atoms with Crippen LogP contribution in [0.25, 0.3) is 0 Å². The van der Waals surface area contributed by atoms with Gasteiger partial charge < -0.3 is 9.84 Å². The zero-order valence-electron chi connectivity index (χ0n) is 9.22. The average Bonchev–Trinajstić information content (AvgIpc) is 2.13. The van der Waals surface area contributed by atoms with E-state index in [9.17, 15) is 18.0 Å². The first-order valence-electron chi connectivity index (χ1n) is 5.24. The van der Waals surface area contributed by atoms with Crippen molar-refractivity contribution in [1.29, 1.82) is 0 Å². The normalized spacial score (nSPS) is 13.8. The van der Waals surface area contributed by atoms with E-state index in [1.807, 2.05) is 6.92 Å². The SMILES string of the molecule is CCCC(CCCOCC(F)(F)F)C(=O)O. The van der Waals surface area contributed by atoms with Crippen LogP contribution in [0.3, 0.4) is 0 Å². The van der Waals surface area contributed by atoms with Gasteiger partial charge in [0, 0.05) is 6.61 Å². The third-order valence-electron chi connectivity index (χ3n) is 2.09. The lowest BCUT2D eigenvalue weighted by atomic mass is 9.98. The molecule has 0 saturated carbocycles. The number of hydrogen-bond donors (Lipinski definition) is 1. The summed E-state index contributed by atoms with van der Waals surface area (Å²) in [7, 11) is 0. The molecule has 1 atom stereocenters. The Morgan fingerprint density at radius 1 is 1.38 bits per heavy atom. The van der Waals surface area contributed by atoms with Crippen LogP contribution in [0, 0.1) is 5.92 Å². The smallest absolute Gasteiger partial charge is 0.411 e. The zero-order valence-corrected chi connectivity index (χ0v) is 9.22. The van der Waals surface area contributed by atoms with Crippen LogP contribution in [0.1, 0.15) is 32.6 Å². The van der Waals surface area contributed by atoms with Gasteiger partial charge in [0.1, 0.15) is 6.61 Å². The Bertz CT molecular complexity index is 204. The number of aliphatic carboxylic acids is 1. The van der Waals surface area contributed by atoms with E-state index in [0.717, 1.165) is 6.42 Å². The molecule has 0 rings (SSSR count). The van der Waals surface area contributed by atoms with Gasteiger partial charge in [0.25, 0.3) is 0 Å². The maximum Gasteiger partial charge on any atom is 0.411 e. The molecule has 0 fully saturated rings. The molecule has 1 unspecified atom stereocenters. The molecule has 0 aromatic carbocycles. The van der Waals surface area contributed by atoms with Crippen LogP contribution >= 0.6 is 0 Å². The number of halogens is 3. The van der Waals surface area contributed by atoms with Crippen LogP contribution in [-0.4, -0.2) is 30.5 Å². The molecule has 0 heterocycles. The lowest BCUT2D eigenvalue weighted by molar-refractivity contribution is -0.174. The number of hydrogen-bond acceptors (Lipinski definition) is 2. The average molecular weight is 242 g/mol. The van der Waals surface area contributed by atoms with Gasteiger partial charge in [-0.3, -0.25) is 4.79 Å². The summed E-state index contributed by atoms with van der Waals surface area (Å²) < 4.78 is 39.4. The molecule has 0 amide bonds. The van der Waals surface area contributed by atoms with Crippen molar-refractivity contribution in [3.05, 3.63) is 0 Å². The van der Waals surface area contributed by atoms with Crippen molar-refractivity contribution in [3.8, 4) is 0 Å². The molecule has 0 aliphatic carbocycles. The van der Waals surface area contributed by atoms with Crippen molar-refractivity contribution in [1.82, 2.24) is 0 Å². The van der Waals surface area contributed by atoms with E-state index >= 15 is 0 Å². The Labute approximate surface area is 92.6 Å². The van der Waals surface area contributed by atoms with Gasteiger partial charge in [-0.25, -0.2) is 0 Å². The molecule has 0 radical (unpaired) electrons. The maximum atomic E-state index is 11.7. The van der Waals surface area contributed by atoms with Gasteiger partial charge in [-0.15, -0.1) is 0 Å². The number of carboxylic acids is 1. The Morgan fingerprint density at radius 3 is 2.44 bits per heavy atom. The van der Waals surface area contributed by atoms with Crippen LogP contribution in [0.2, 0.25) is 0 Å². The first kappa shape index (κ1) is 15.2. The van der Waals surface area contributed by atoms with Gasteiger partial charge in [-0.1, -0.05) is 13.3 Å². The van der Waals surface area contributed by atoms with Crippen molar-refractivity contribution in [2.75, 3.05) is 13.2 Å². The van der Waals surface area contributed by atoms with Crippen molar-refractivity contribution in [3.63, 3.8) is 0 Å². The highest BCUT2D eigenvalue weighted by Crippen LogP contribution is 2.16. The molecular weight excluding hydrogens is 225 g/mol. The van der Waals surface area contributed by atoms with Crippen molar-refractivity contribution < 1.29 is 27.8 Å². The van der Waals surface area contributed by atoms with E-state index in [0.29, 0.717) is 19.3 Å². The number of carboxylic acid groups (broad SMARTS) is 1. The van der Waals surface area contributed by atoms with Crippen molar-refractivity contribution in [2.45, 2.75) is 38.8 Å². The molecule has 0 bridgehead atoms. The molecule has 0 spiro atoms. The molecule has 1 N–H and O–H groups in total. The summed E-state index contributed by atoms with van der Waals surface area (Å²) in [6, 6.07) is 0. The highest BCUT2D eigenvalue weighted by atomic mass is 19.4. The Morgan fingerprint density at radius 2 is 2.00 bits per heavy atom. The van der Waals surface area contributed by atoms with Gasteiger partial charge in [0.15, 0.2) is 0 Å². The Hall–Kier alpha value is -0.780. The number of carbonyl (C=O) groups is 1. The number of ether oxygens (including phenoxy) is 1. The van der Waals surface area contributed by atoms with Gasteiger partial charge >= 0.3 is 12.1 Å². The lowest BCUT2D eigenvalue weighted by Gasteiger charge is -2.11. The fourth-order valence-corrected chi connectivity index (χ4v) is 1.36. The summed E-state index contributed by atoms with van der Waals surface area (Å²) in [5.74, 6) is -1.36. The first-order valence-corrected chi connectivity index (χ1v) is 5.24. The minimum absolute atomic E-state index is 0.0486. The monoisotopic (exact) mass is 242 g/mol. The quantitative estimate of drug-likeness (QED) is 0.666.